The van der Waals surface area contributed by atoms with Crippen LogP contribution >= 0.6 is 0 Å². The van der Waals surface area contributed by atoms with Crippen molar-refractivity contribution in [2.75, 3.05) is 6.61 Å². The van der Waals surface area contributed by atoms with E-state index in [1.54, 1.807) is 0 Å². The molecule has 0 radical (unpaired) electrons. The smallest absolute Gasteiger partial charge is 0.119 e. The van der Waals surface area contributed by atoms with E-state index in [9.17, 15) is 4.79 Å². The van der Waals surface area contributed by atoms with Crippen molar-refractivity contribution in [2.45, 2.75) is 32.6 Å². The van der Waals surface area contributed by atoms with Crippen molar-refractivity contribution in [1.82, 2.24) is 0 Å². The summed E-state index contributed by atoms with van der Waals surface area (Å²) < 4.78 is 0. The molecule has 2 heteroatoms. The van der Waals surface area contributed by atoms with Crippen LogP contribution in [-0.2, 0) is 4.79 Å². The lowest BCUT2D eigenvalue weighted by Crippen LogP contribution is -1.97. The third kappa shape index (κ3) is 5.76. The van der Waals surface area contributed by atoms with Crippen LogP contribution in [0, 0.1) is 5.92 Å². The van der Waals surface area contributed by atoms with E-state index in [2.05, 4.69) is 6.92 Å². The van der Waals surface area contributed by atoms with Crippen LogP contribution in [0.5, 0.6) is 0 Å². The molecule has 0 saturated carbocycles. The zero-order valence-corrected chi connectivity index (χ0v) is 6.55. The lowest BCUT2D eigenvalue weighted by atomic mass is 10.0. The van der Waals surface area contributed by atoms with Crippen molar-refractivity contribution in [3.63, 3.8) is 0 Å². The molecule has 2 nitrogen and oxygen atoms in total. The minimum absolute atomic E-state index is 0.266. The zero-order valence-electron chi connectivity index (χ0n) is 6.55. The Bertz CT molecular complexity index is 81.3. The summed E-state index contributed by atoms with van der Waals surface area (Å²) in [6.45, 7) is 2.36. The van der Waals surface area contributed by atoms with Gasteiger partial charge in [0, 0.05) is 13.0 Å². The van der Waals surface area contributed by atoms with Gasteiger partial charge in [-0.05, 0) is 18.8 Å². The first-order chi connectivity index (χ1) is 4.81. The Labute approximate surface area is 62.2 Å². The van der Waals surface area contributed by atoms with Crippen molar-refractivity contribution >= 4 is 6.29 Å². The highest BCUT2D eigenvalue weighted by Crippen LogP contribution is 2.09. The highest BCUT2D eigenvalue weighted by Gasteiger charge is 1.99. The Hall–Kier alpha value is -0.370. The van der Waals surface area contributed by atoms with Crippen LogP contribution in [0.4, 0.5) is 0 Å². The Morgan fingerprint density at radius 2 is 2.20 bits per heavy atom. The van der Waals surface area contributed by atoms with Gasteiger partial charge < -0.3 is 9.90 Å². The second-order valence-corrected chi connectivity index (χ2v) is 2.72. The Balaban J connectivity index is 3.04. The number of unbranched alkanes of at least 4 members (excludes halogenated alkanes) is 1. The quantitative estimate of drug-likeness (QED) is 0.451. The fraction of sp³-hybridized carbons (Fsp3) is 0.875. The molecule has 0 aliphatic carbocycles. The lowest BCUT2D eigenvalue weighted by Gasteiger charge is -2.06. The van der Waals surface area contributed by atoms with E-state index in [0.717, 1.165) is 25.5 Å². The predicted molar refractivity (Wildman–Crippen MR) is 40.8 cm³/mol. The number of rotatable bonds is 6. The summed E-state index contributed by atoms with van der Waals surface area (Å²) in [7, 11) is 0. The van der Waals surface area contributed by atoms with Crippen molar-refractivity contribution in [3.05, 3.63) is 0 Å². The van der Waals surface area contributed by atoms with Gasteiger partial charge in [0.15, 0.2) is 0 Å². The molecule has 0 rings (SSSR count). The van der Waals surface area contributed by atoms with Crippen LogP contribution in [0.3, 0.4) is 0 Å². The van der Waals surface area contributed by atoms with Gasteiger partial charge in [-0.3, -0.25) is 0 Å². The molecule has 1 N–H and O–H groups in total. The summed E-state index contributed by atoms with van der Waals surface area (Å²) in [5.41, 5.74) is 0. The van der Waals surface area contributed by atoms with Crippen LogP contribution in [0.25, 0.3) is 0 Å². The molecule has 0 spiro atoms. The predicted octanol–water partition coefficient (Wildman–Crippen LogP) is 1.37. The molecule has 0 bridgehead atoms. The molecule has 0 aromatic carbocycles. The maximum Gasteiger partial charge on any atom is 0.119 e. The summed E-state index contributed by atoms with van der Waals surface area (Å²) in [6, 6.07) is 0. The van der Waals surface area contributed by atoms with Gasteiger partial charge in [0.2, 0.25) is 0 Å². The van der Waals surface area contributed by atoms with Crippen molar-refractivity contribution < 1.29 is 9.90 Å². The lowest BCUT2D eigenvalue weighted by molar-refractivity contribution is -0.107. The summed E-state index contributed by atoms with van der Waals surface area (Å²) in [6.07, 6.45) is 4.49. The van der Waals surface area contributed by atoms with Crippen molar-refractivity contribution in [2.24, 2.45) is 5.92 Å². The van der Waals surface area contributed by atoms with Gasteiger partial charge in [0.05, 0.1) is 0 Å². The van der Waals surface area contributed by atoms with Crippen molar-refractivity contribution in [1.29, 1.82) is 0 Å². The number of aldehydes is 1. The fourth-order valence-corrected chi connectivity index (χ4v) is 0.914. The molecule has 1 atom stereocenters. The number of carbonyl (C=O) groups is 1. The molecule has 0 amide bonds. The summed E-state index contributed by atoms with van der Waals surface area (Å²) in [5, 5.41) is 8.52. The first-order valence-electron chi connectivity index (χ1n) is 3.85. The van der Waals surface area contributed by atoms with Gasteiger partial charge >= 0.3 is 0 Å². The second kappa shape index (κ2) is 6.75. The fourth-order valence-electron chi connectivity index (χ4n) is 0.914. The zero-order chi connectivity index (χ0) is 7.82. The van der Waals surface area contributed by atoms with Crippen molar-refractivity contribution in [3.8, 4) is 0 Å². The highest BCUT2D eigenvalue weighted by atomic mass is 16.3. The average Bonchev–Trinajstić information content (AvgIpc) is 1.89. The monoisotopic (exact) mass is 144 g/mol. The number of hydrogen-bond donors (Lipinski definition) is 1. The third-order valence-electron chi connectivity index (χ3n) is 1.64. The van der Waals surface area contributed by atoms with Gasteiger partial charge in [-0.25, -0.2) is 0 Å². The Morgan fingerprint density at radius 3 is 2.70 bits per heavy atom. The normalized spacial score (nSPS) is 13.0. The van der Waals surface area contributed by atoms with E-state index in [0.29, 0.717) is 12.3 Å². The number of hydrogen-bond acceptors (Lipinski definition) is 2. The standard InChI is InChI=1S/C8H16O2/c1-8(5-7-10)4-2-3-6-9/h6,8,10H,2-5,7H2,1H3/t8-/m0/s1. The van der Waals surface area contributed by atoms with E-state index in [-0.39, 0.29) is 6.61 Å². The van der Waals surface area contributed by atoms with Gasteiger partial charge in [0.1, 0.15) is 6.29 Å². The van der Waals surface area contributed by atoms with Crippen LogP contribution in [0.2, 0.25) is 0 Å². The molecule has 0 heterocycles. The molecular formula is C8H16O2. The molecule has 0 aromatic heterocycles. The minimum Gasteiger partial charge on any atom is -0.396 e. The first kappa shape index (κ1) is 9.63. The van der Waals surface area contributed by atoms with E-state index >= 15 is 0 Å². The van der Waals surface area contributed by atoms with Crippen LogP contribution < -0.4 is 0 Å². The maximum absolute atomic E-state index is 9.89. The van der Waals surface area contributed by atoms with Gasteiger partial charge in [0.25, 0.3) is 0 Å². The summed E-state index contributed by atoms with van der Waals surface area (Å²) in [5.74, 6) is 0.560. The molecule has 60 valence electrons. The van der Waals surface area contributed by atoms with Crippen LogP contribution in [0.15, 0.2) is 0 Å². The van der Waals surface area contributed by atoms with E-state index in [1.807, 2.05) is 0 Å². The van der Waals surface area contributed by atoms with E-state index in [4.69, 9.17) is 5.11 Å². The molecule has 0 fully saturated rings. The van der Waals surface area contributed by atoms with Gasteiger partial charge in [-0.1, -0.05) is 13.3 Å². The third-order valence-corrected chi connectivity index (χ3v) is 1.64. The number of aliphatic hydroxyl groups is 1. The van der Waals surface area contributed by atoms with E-state index < -0.39 is 0 Å². The molecule has 0 saturated heterocycles. The number of carbonyl (C=O) groups excluding carboxylic acids is 1. The summed E-state index contributed by atoms with van der Waals surface area (Å²) in [4.78, 5) is 9.89. The van der Waals surface area contributed by atoms with E-state index in [1.165, 1.54) is 0 Å². The molecule has 10 heavy (non-hydrogen) atoms. The van der Waals surface area contributed by atoms with Crippen LogP contribution in [0.1, 0.15) is 32.6 Å². The second-order valence-electron chi connectivity index (χ2n) is 2.72. The minimum atomic E-state index is 0.266. The average molecular weight is 144 g/mol. The Morgan fingerprint density at radius 1 is 1.50 bits per heavy atom. The van der Waals surface area contributed by atoms with Gasteiger partial charge in [-0.2, -0.15) is 0 Å². The number of aliphatic hydroxyl groups excluding tert-OH is 1. The Kier molecular flexibility index (Phi) is 6.50. The molecule has 0 aromatic rings. The SMILES string of the molecule is C[C@H](CCO)CCCC=O. The largest absolute Gasteiger partial charge is 0.396 e. The first-order valence-corrected chi connectivity index (χ1v) is 3.85. The van der Waals surface area contributed by atoms with Crippen LogP contribution in [-0.4, -0.2) is 18.0 Å². The molecular weight excluding hydrogens is 128 g/mol. The molecule has 0 unspecified atom stereocenters. The summed E-state index contributed by atoms with van der Waals surface area (Å²) >= 11 is 0. The topological polar surface area (TPSA) is 37.3 Å². The van der Waals surface area contributed by atoms with Gasteiger partial charge in [-0.15, -0.1) is 0 Å². The molecule has 0 aliphatic heterocycles. The maximum atomic E-state index is 9.89. The molecule has 0 aliphatic rings. The highest BCUT2D eigenvalue weighted by molar-refractivity contribution is 5.48.